The topological polar surface area (TPSA) is 58.5 Å². The molecule has 1 aromatic heterocycles. The highest BCUT2D eigenvalue weighted by atomic mass is 16.5. The number of aliphatic hydroxyl groups excluding tert-OH is 1. The van der Waals surface area contributed by atoms with Crippen LogP contribution in [-0.2, 0) is 0 Å². The Labute approximate surface area is 108 Å². The van der Waals surface area contributed by atoms with Crippen molar-refractivity contribution in [2.45, 2.75) is 25.7 Å². The number of aromatic nitrogens is 2. The second-order valence-corrected chi connectivity index (χ2v) is 4.72. The molecule has 5 heteroatoms. The van der Waals surface area contributed by atoms with Gasteiger partial charge in [0.15, 0.2) is 5.75 Å². The first-order valence-corrected chi connectivity index (χ1v) is 6.55. The van der Waals surface area contributed by atoms with E-state index in [-0.39, 0.29) is 0 Å². The van der Waals surface area contributed by atoms with Crippen LogP contribution in [0.25, 0.3) is 0 Å². The fourth-order valence-electron chi connectivity index (χ4n) is 2.38. The lowest BCUT2D eigenvalue weighted by Gasteiger charge is -2.31. The molecule has 1 aliphatic rings. The van der Waals surface area contributed by atoms with Crippen LogP contribution in [0.1, 0.15) is 25.7 Å². The van der Waals surface area contributed by atoms with Crippen molar-refractivity contribution in [1.82, 2.24) is 9.97 Å². The van der Waals surface area contributed by atoms with Crippen LogP contribution in [0.15, 0.2) is 12.4 Å². The Bertz CT molecular complexity index is 348. The van der Waals surface area contributed by atoms with Crippen LogP contribution >= 0.6 is 0 Å². The van der Waals surface area contributed by atoms with Gasteiger partial charge in [0.25, 0.3) is 0 Å². The third kappa shape index (κ3) is 3.32. The molecule has 1 aliphatic heterocycles. The molecule has 0 amide bonds. The molecular weight excluding hydrogens is 230 g/mol. The fraction of sp³-hybridized carbons (Fsp3) is 0.692. The average molecular weight is 251 g/mol. The first-order valence-electron chi connectivity index (χ1n) is 6.55. The Morgan fingerprint density at radius 3 is 2.56 bits per heavy atom. The van der Waals surface area contributed by atoms with Crippen molar-refractivity contribution in [1.29, 1.82) is 0 Å². The number of rotatable bonds is 5. The highest BCUT2D eigenvalue weighted by molar-refractivity contribution is 5.31. The zero-order valence-electron chi connectivity index (χ0n) is 10.9. The number of methoxy groups -OCH3 is 1. The highest BCUT2D eigenvalue weighted by Gasteiger charge is 2.20. The van der Waals surface area contributed by atoms with E-state index in [0.29, 0.717) is 12.4 Å². The van der Waals surface area contributed by atoms with E-state index >= 15 is 0 Å². The molecule has 1 N–H and O–H groups in total. The number of hydrogen-bond acceptors (Lipinski definition) is 5. The summed E-state index contributed by atoms with van der Waals surface area (Å²) in [7, 11) is 1.62. The lowest BCUT2D eigenvalue weighted by atomic mass is 9.92. The molecule has 5 nitrogen and oxygen atoms in total. The largest absolute Gasteiger partial charge is 0.494 e. The normalized spacial score (nSPS) is 16.9. The van der Waals surface area contributed by atoms with Gasteiger partial charge in [-0.1, -0.05) is 0 Å². The molecular formula is C13H21N3O2. The van der Waals surface area contributed by atoms with Gasteiger partial charge in [0.2, 0.25) is 5.95 Å². The second-order valence-electron chi connectivity index (χ2n) is 4.72. The van der Waals surface area contributed by atoms with E-state index < -0.39 is 0 Å². The zero-order chi connectivity index (χ0) is 12.8. The molecule has 0 bridgehead atoms. The van der Waals surface area contributed by atoms with E-state index in [1.807, 2.05) is 0 Å². The lowest BCUT2D eigenvalue weighted by molar-refractivity contribution is 0.261. The van der Waals surface area contributed by atoms with Crippen LogP contribution in [0.5, 0.6) is 5.75 Å². The minimum atomic E-state index is 0.307. The Morgan fingerprint density at radius 1 is 1.33 bits per heavy atom. The number of ether oxygens (including phenoxy) is 1. The molecule has 0 unspecified atom stereocenters. The van der Waals surface area contributed by atoms with Crippen molar-refractivity contribution >= 4 is 5.95 Å². The Balaban J connectivity index is 1.84. The monoisotopic (exact) mass is 251 g/mol. The van der Waals surface area contributed by atoms with Gasteiger partial charge in [-0.15, -0.1) is 0 Å². The summed E-state index contributed by atoms with van der Waals surface area (Å²) in [6.07, 6.45) is 7.79. The number of piperidine rings is 1. The Kier molecular flexibility index (Phi) is 4.75. The van der Waals surface area contributed by atoms with Gasteiger partial charge < -0.3 is 14.7 Å². The summed E-state index contributed by atoms with van der Waals surface area (Å²) in [6, 6.07) is 0. The second kappa shape index (κ2) is 6.54. The molecule has 1 saturated heterocycles. The lowest BCUT2D eigenvalue weighted by Crippen LogP contribution is -2.34. The van der Waals surface area contributed by atoms with E-state index in [4.69, 9.17) is 9.84 Å². The quantitative estimate of drug-likeness (QED) is 0.859. The first kappa shape index (κ1) is 13.1. The van der Waals surface area contributed by atoms with Gasteiger partial charge in [-0.25, -0.2) is 9.97 Å². The number of nitrogens with zero attached hydrogens (tertiary/aromatic N) is 3. The summed E-state index contributed by atoms with van der Waals surface area (Å²) in [6.45, 7) is 2.31. The third-order valence-corrected chi connectivity index (χ3v) is 3.52. The molecule has 100 valence electrons. The molecule has 0 atom stereocenters. The standard InChI is InChI=1S/C13H21N3O2/c1-18-12-9-14-13(15-10-12)16-6-4-11(5-7-16)3-2-8-17/h9-11,17H,2-8H2,1H3. The van der Waals surface area contributed by atoms with Crippen LogP contribution in [0, 0.1) is 5.92 Å². The number of hydrogen-bond donors (Lipinski definition) is 1. The van der Waals surface area contributed by atoms with Crippen molar-refractivity contribution < 1.29 is 9.84 Å². The van der Waals surface area contributed by atoms with Crippen molar-refractivity contribution in [3.05, 3.63) is 12.4 Å². The average Bonchev–Trinajstić information content (AvgIpc) is 2.46. The van der Waals surface area contributed by atoms with Gasteiger partial charge in [0.1, 0.15) is 0 Å². The first-order chi connectivity index (χ1) is 8.83. The Hall–Kier alpha value is -1.36. The van der Waals surface area contributed by atoms with E-state index in [1.165, 1.54) is 0 Å². The maximum atomic E-state index is 8.83. The smallest absolute Gasteiger partial charge is 0.225 e. The molecule has 0 spiro atoms. The minimum Gasteiger partial charge on any atom is -0.494 e. The summed E-state index contributed by atoms with van der Waals surface area (Å²) in [5.74, 6) is 2.22. The highest BCUT2D eigenvalue weighted by Crippen LogP contribution is 2.24. The maximum Gasteiger partial charge on any atom is 0.225 e. The summed E-state index contributed by atoms with van der Waals surface area (Å²) >= 11 is 0. The van der Waals surface area contributed by atoms with Gasteiger partial charge in [-0.05, 0) is 31.6 Å². The van der Waals surface area contributed by atoms with Gasteiger partial charge in [-0.2, -0.15) is 0 Å². The number of anilines is 1. The van der Waals surface area contributed by atoms with Crippen molar-refractivity contribution in [3.63, 3.8) is 0 Å². The summed E-state index contributed by atoms with van der Waals surface area (Å²) in [4.78, 5) is 10.8. The Morgan fingerprint density at radius 2 is 2.00 bits per heavy atom. The third-order valence-electron chi connectivity index (χ3n) is 3.52. The van der Waals surface area contributed by atoms with Crippen LogP contribution in [0.3, 0.4) is 0 Å². The van der Waals surface area contributed by atoms with Gasteiger partial charge in [0.05, 0.1) is 19.5 Å². The predicted octanol–water partition coefficient (Wildman–Crippen LogP) is 1.47. The van der Waals surface area contributed by atoms with Crippen LogP contribution in [0.4, 0.5) is 5.95 Å². The maximum absolute atomic E-state index is 8.83. The molecule has 1 fully saturated rings. The fourth-order valence-corrected chi connectivity index (χ4v) is 2.38. The van der Waals surface area contributed by atoms with E-state index in [1.54, 1.807) is 19.5 Å². The van der Waals surface area contributed by atoms with Gasteiger partial charge in [0, 0.05) is 19.7 Å². The van der Waals surface area contributed by atoms with Gasteiger partial charge in [-0.3, -0.25) is 0 Å². The van der Waals surface area contributed by atoms with Crippen LogP contribution < -0.4 is 9.64 Å². The van der Waals surface area contributed by atoms with Crippen molar-refractivity contribution in [2.24, 2.45) is 5.92 Å². The SMILES string of the molecule is COc1cnc(N2CCC(CCCO)CC2)nc1. The van der Waals surface area contributed by atoms with E-state index in [9.17, 15) is 0 Å². The van der Waals surface area contributed by atoms with Crippen molar-refractivity contribution in [3.8, 4) is 5.75 Å². The molecule has 0 aromatic carbocycles. The van der Waals surface area contributed by atoms with Crippen molar-refractivity contribution in [2.75, 3.05) is 31.7 Å². The molecule has 18 heavy (non-hydrogen) atoms. The van der Waals surface area contributed by atoms with E-state index in [0.717, 1.165) is 50.6 Å². The van der Waals surface area contributed by atoms with Crippen LogP contribution in [0.2, 0.25) is 0 Å². The molecule has 2 heterocycles. The molecule has 1 aromatic rings. The summed E-state index contributed by atoms with van der Waals surface area (Å²) in [5, 5.41) is 8.83. The van der Waals surface area contributed by atoms with Gasteiger partial charge >= 0.3 is 0 Å². The summed E-state index contributed by atoms with van der Waals surface area (Å²) in [5.41, 5.74) is 0. The zero-order valence-corrected chi connectivity index (χ0v) is 10.9. The number of aliphatic hydroxyl groups is 1. The molecule has 0 aliphatic carbocycles. The molecule has 0 saturated carbocycles. The molecule has 2 rings (SSSR count). The summed E-state index contributed by atoms with van der Waals surface area (Å²) < 4.78 is 5.05. The predicted molar refractivity (Wildman–Crippen MR) is 69.8 cm³/mol. The van der Waals surface area contributed by atoms with E-state index in [2.05, 4.69) is 14.9 Å². The minimum absolute atomic E-state index is 0.307. The van der Waals surface area contributed by atoms with Crippen LogP contribution in [-0.4, -0.2) is 41.9 Å². The molecule has 0 radical (unpaired) electrons.